The summed E-state index contributed by atoms with van der Waals surface area (Å²) < 4.78 is 42.7. The lowest BCUT2D eigenvalue weighted by atomic mass is 10.1. The van der Waals surface area contributed by atoms with Crippen LogP contribution in [-0.2, 0) is 26.0 Å². The molecule has 1 aliphatic rings. The molecule has 1 amide bonds. The Morgan fingerprint density at radius 2 is 1.97 bits per heavy atom. The normalized spacial score (nSPS) is 13.9. The van der Waals surface area contributed by atoms with Gasteiger partial charge in [0.05, 0.1) is 19.0 Å². The molecule has 1 fully saturated rings. The van der Waals surface area contributed by atoms with Gasteiger partial charge in [-0.15, -0.1) is 0 Å². The van der Waals surface area contributed by atoms with Crippen molar-refractivity contribution in [1.29, 1.82) is 0 Å². The highest BCUT2D eigenvalue weighted by Gasteiger charge is 2.23. The summed E-state index contributed by atoms with van der Waals surface area (Å²) in [5.74, 6) is 1.45. The molecule has 1 aromatic rings. The second-order valence-corrected chi connectivity index (χ2v) is 9.26. The van der Waals surface area contributed by atoms with Gasteiger partial charge in [-0.2, -0.15) is 0 Å². The van der Waals surface area contributed by atoms with Crippen LogP contribution < -0.4 is 14.2 Å². The molecule has 0 bridgehead atoms. The summed E-state index contributed by atoms with van der Waals surface area (Å²) in [6.07, 6.45) is 5.15. The molecule has 2 rings (SSSR count). The summed E-state index contributed by atoms with van der Waals surface area (Å²) in [6.45, 7) is 3.58. The lowest BCUT2D eigenvalue weighted by Gasteiger charge is -2.14. The molecule has 1 N–H and O–H groups in total. The zero-order valence-corrected chi connectivity index (χ0v) is 18.3. The Balaban J connectivity index is 1.92. The number of carbonyl (C=O) groups is 1. The zero-order chi connectivity index (χ0) is 21.1. The molecule has 1 aromatic carbocycles. The molecule has 1 aliphatic carbocycles. The Labute approximate surface area is 174 Å². The molecule has 8 heteroatoms. The fourth-order valence-electron chi connectivity index (χ4n) is 2.77. The summed E-state index contributed by atoms with van der Waals surface area (Å²) in [5.41, 5.74) is 0.864. The van der Waals surface area contributed by atoms with Gasteiger partial charge >= 0.3 is 0 Å². The van der Waals surface area contributed by atoms with E-state index >= 15 is 0 Å². The number of ether oxygens (including phenoxy) is 3. The third kappa shape index (κ3) is 9.49. The van der Waals surface area contributed by atoms with Crippen molar-refractivity contribution in [3.8, 4) is 11.5 Å². The van der Waals surface area contributed by atoms with Crippen LogP contribution >= 0.6 is 0 Å². The van der Waals surface area contributed by atoms with Crippen LogP contribution in [-0.4, -0.2) is 47.0 Å². The maximum absolute atomic E-state index is 12.1. The predicted molar refractivity (Wildman–Crippen MR) is 112 cm³/mol. The maximum Gasteiger partial charge on any atom is 0.234 e. The van der Waals surface area contributed by atoms with Crippen molar-refractivity contribution in [3.63, 3.8) is 0 Å². The van der Waals surface area contributed by atoms with Crippen molar-refractivity contribution >= 4 is 15.9 Å². The Kier molecular flexibility index (Phi) is 9.73. The Bertz CT molecular complexity index is 746. The molecule has 0 heterocycles. The fraction of sp³-hybridized carbons (Fsp3) is 0.667. The lowest BCUT2D eigenvalue weighted by Crippen LogP contribution is -2.32. The number of amides is 1. The summed E-state index contributed by atoms with van der Waals surface area (Å²) in [4.78, 5) is 12.1. The molecule has 7 nitrogen and oxygen atoms in total. The third-order valence-electron chi connectivity index (χ3n) is 4.67. The SMILES string of the molecule is CCCCCS(=O)(=O)NC(=O)CCc1ccc(OCCOC)cc1OCC1CC1. The molecular weight excluding hydrogens is 394 g/mol. The Morgan fingerprint density at radius 3 is 2.66 bits per heavy atom. The number of carbonyl (C=O) groups excluding carboxylic acids is 1. The minimum absolute atomic E-state index is 0.0180. The van der Waals surface area contributed by atoms with Gasteiger partial charge in [0, 0.05) is 19.6 Å². The largest absolute Gasteiger partial charge is 0.493 e. The first-order valence-electron chi connectivity index (χ1n) is 10.3. The molecule has 0 radical (unpaired) electrons. The van der Waals surface area contributed by atoms with E-state index in [2.05, 4.69) is 4.72 Å². The molecule has 0 aromatic heterocycles. The average Bonchev–Trinajstić information content (AvgIpc) is 3.50. The van der Waals surface area contributed by atoms with Crippen molar-refractivity contribution in [1.82, 2.24) is 4.72 Å². The zero-order valence-electron chi connectivity index (χ0n) is 17.4. The van der Waals surface area contributed by atoms with Gasteiger partial charge in [-0.25, -0.2) is 8.42 Å². The van der Waals surface area contributed by atoms with Crippen LogP contribution in [0.2, 0.25) is 0 Å². The smallest absolute Gasteiger partial charge is 0.234 e. The first-order chi connectivity index (χ1) is 13.9. The number of benzene rings is 1. The van der Waals surface area contributed by atoms with E-state index in [9.17, 15) is 13.2 Å². The molecule has 1 saturated carbocycles. The summed E-state index contributed by atoms with van der Waals surface area (Å²) in [6, 6.07) is 5.52. The van der Waals surface area contributed by atoms with Gasteiger partial charge in [0.15, 0.2) is 0 Å². The van der Waals surface area contributed by atoms with Gasteiger partial charge in [-0.1, -0.05) is 25.8 Å². The van der Waals surface area contributed by atoms with E-state index < -0.39 is 15.9 Å². The van der Waals surface area contributed by atoms with Crippen LogP contribution in [0, 0.1) is 5.92 Å². The number of hydrogen-bond acceptors (Lipinski definition) is 6. The number of hydrogen-bond donors (Lipinski definition) is 1. The topological polar surface area (TPSA) is 90.9 Å². The van der Waals surface area contributed by atoms with Gasteiger partial charge in [-0.05, 0) is 43.2 Å². The van der Waals surface area contributed by atoms with Crippen molar-refractivity contribution in [2.45, 2.75) is 51.9 Å². The van der Waals surface area contributed by atoms with E-state index in [4.69, 9.17) is 14.2 Å². The number of unbranched alkanes of at least 4 members (excludes halogenated alkanes) is 2. The Hall–Kier alpha value is -1.80. The number of sulfonamides is 1. The number of aryl methyl sites for hydroxylation is 1. The van der Waals surface area contributed by atoms with Crippen LogP contribution in [0.25, 0.3) is 0 Å². The molecule has 0 aliphatic heterocycles. The van der Waals surface area contributed by atoms with Gasteiger partial charge < -0.3 is 14.2 Å². The fourth-order valence-corrected chi connectivity index (χ4v) is 3.90. The summed E-state index contributed by atoms with van der Waals surface area (Å²) in [5, 5.41) is 0. The van der Waals surface area contributed by atoms with Crippen LogP contribution in [0.1, 0.15) is 51.0 Å². The van der Waals surface area contributed by atoms with Crippen molar-refractivity contribution < 1.29 is 27.4 Å². The molecule has 29 heavy (non-hydrogen) atoms. The molecule has 0 unspecified atom stereocenters. The van der Waals surface area contributed by atoms with E-state index in [0.717, 1.165) is 18.4 Å². The first-order valence-corrected chi connectivity index (χ1v) is 12.0. The second kappa shape index (κ2) is 12.0. The highest BCUT2D eigenvalue weighted by atomic mass is 32.2. The predicted octanol–water partition coefficient (Wildman–Crippen LogP) is 3.07. The lowest BCUT2D eigenvalue weighted by molar-refractivity contribution is -0.119. The standard InChI is InChI=1S/C21H33NO6S/c1-3-4-5-14-29(24,25)22-21(23)11-9-18-8-10-19(27-13-12-26-2)15-20(18)28-16-17-6-7-17/h8,10,15,17H,3-7,9,11-14,16H2,1-2H3,(H,22,23). The molecule has 0 spiro atoms. The van der Waals surface area contributed by atoms with Crippen LogP contribution in [0.4, 0.5) is 0 Å². The van der Waals surface area contributed by atoms with Gasteiger partial charge in [0.2, 0.25) is 15.9 Å². The van der Waals surface area contributed by atoms with Crippen LogP contribution in [0.3, 0.4) is 0 Å². The molecule has 164 valence electrons. The van der Waals surface area contributed by atoms with E-state index in [1.54, 1.807) is 7.11 Å². The van der Waals surface area contributed by atoms with E-state index in [1.807, 2.05) is 25.1 Å². The van der Waals surface area contributed by atoms with Crippen molar-refractivity contribution in [2.75, 3.05) is 32.7 Å². The number of methoxy groups -OCH3 is 1. The quantitative estimate of drug-likeness (QED) is 0.433. The second-order valence-electron chi connectivity index (χ2n) is 7.42. The molecular formula is C21H33NO6S. The number of rotatable bonds is 15. The van der Waals surface area contributed by atoms with E-state index in [-0.39, 0.29) is 12.2 Å². The first kappa shape index (κ1) is 23.5. The van der Waals surface area contributed by atoms with Gasteiger partial charge in [0.1, 0.15) is 18.1 Å². The third-order valence-corrected chi connectivity index (χ3v) is 6.04. The Morgan fingerprint density at radius 1 is 1.17 bits per heavy atom. The average molecular weight is 428 g/mol. The highest BCUT2D eigenvalue weighted by Crippen LogP contribution is 2.32. The number of nitrogens with one attached hydrogen (secondary N) is 1. The maximum atomic E-state index is 12.1. The summed E-state index contributed by atoms with van der Waals surface area (Å²) >= 11 is 0. The molecule has 0 saturated heterocycles. The van der Waals surface area contributed by atoms with E-state index in [0.29, 0.717) is 50.1 Å². The highest BCUT2D eigenvalue weighted by molar-refractivity contribution is 7.90. The monoisotopic (exact) mass is 427 g/mol. The van der Waals surface area contributed by atoms with Crippen molar-refractivity contribution in [2.24, 2.45) is 5.92 Å². The van der Waals surface area contributed by atoms with Crippen molar-refractivity contribution in [3.05, 3.63) is 23.8 Å². The van der Waals surface area contributed by atoms with E-state index in [1.165, 1.54) is 12.8 Å². The molecule has 0 atom stereocenters. The minimum atomic E-state index is -3.56. The minimum Gasteiger partial charge on any atom is -0.493 e. The van der Waals surface area contributed by atoms with Gasteiger partial charge in [-0.3, -0.25) is 9.52 Å². The van der Waals surface area contributed by atoms with Crippen LogP contribution in [0.15, 0.2) is 18.2 Å². The van der Waals surface area contributed by atoms with Gasteiger partial charge in [0.25, 0.3) is 0 Å². The summed E-state index contributed by atoms with van der Waals surface area (Å²) in [7, 11) is -1.95. The van der Waals surface area contributed by atoms with Crippen LogP contribution in [0.5, 0.6) is 11.5 Å².